The van der Waals surface area contributed by atoms with Gasteiger partial charge in [0.1, 0.15) is 6.54 Å². The molecule has 2 aliphatic heterocycles. The van der Waals surface area contributed by atoms with Crippen molar-refractivity contribution in [3.63, 3.8) is 0 Å². The maximum Gasteiger partial charge on any atom is 0.242 e. The quantitative estimate of drug-likeness (QED) is 0.651. The summed E-state index contributed by atoms with van der Waals surface area (Å²) >= 11 is 0. The fourth-order valence-corrected chi connectivity index (χ4v) is 4.80. The number of nitrogens with zero attached hydrogens (tertiary/aromatic N) is 3. The Morgan fingerprint density at radius 3 is 2.17 bits per heavy atom. The smallest absolute Gasteiger partial charge is 0.242 e. The first-order valence-corrected chi connectivity index (χ1v) is 10.5. The van der Waals surface area contributed by atoms with Crippen molar-refractivity contribution < 1.29 is 4.79 Å². The van der Waals surface area contributed by atoms with E-state index in [2.05, 4.69) is 10.2 Å². The van der Waals surface area contributed by atoms with Gasteiger partial charge in [-0.15, -0.1) is 12.4 Å². The number of hydrogen-bond donors (Lipinski definition) is 1. The van der Waals surface area contributed by atoms with Crippen LogP contribution in [0, 0.1) is 0 Å². The Bertz CT molecular complexity index is 1060. The highest BCUT2D eigenvalue weighted by atomic mass is 35.5. The van der Waals surface area contributed by atoms with Gasteiger partial charge in [-0.25, -0.2) is 0 Å². The molecule has 3 aromatic rings. The number of benzene rings is 2. The number of hydrogen-bond acceptors (Lipinski definition) is 4. The van der Waals surface area contributed by atoms with Crippen molar-refractivity contribution in [1.29, 1.82) is 0 Å². The highest BCUT2D eigenvalue weighted by Gasteiger charge is 2.31. The Balaban J connectivity index is 0.00000218. The van der Waals surface area contributed by atoms with Crippen molar-refractivity contribution in [3.05, 3.63) is 58.8 Å². The summed E-state index contributed by atoms with van der Waals surface area (Å²) in [5, 5.41) is 4.72. The predicted octanol–water partition coefficient (Wildman–Crippen LogP) is 2.08. The molecule has 0 spiro atoms. The highest BCUT2D eigenvalue weighted by Crippen LogP contribution is 2.21. The third kappa shape index (κ3) is 3.71. The lowest BCUT2D eigenvalue weighted by atomic mass is 10.1. The first kappa shape index (κ1) is 20.8. The summed E-state index contributed by atoms with van der Waals surface area (Å²) in [6.07, 6.45) is 1.04. The maximum absolute atomic E-state index is 13.2. The van der Waals surface area contributed by atoms with E-state index in [9.17, 15) is 9.59 Å². The molecule has 1 atom stereocenters. The molecular weight excluding hydrogens is 400 g/mol. The van der Waals surface area contributed by atoms with Gasteiger partial charge in [0.15, 0.2) is 5.43 Å². The molecule has 1 N–H and O–H groups in total. The summed E-state index contributed by atoms with van der Waals surface area (Å²) in [5.41, 5.74) is 1.67. The van der Waals surface area contributed by atoms with Crippen LogP contribution in [0.3, 0.4) is 0 Å². The van der Waals surface area contributed by atoms with Crippen LogP contribution in [0.25, 0.3) is 21.8 Å². The number of fused-ring (bicyclic) bond motifs is 2. The Morgan fingerprint density at radius 2 is 1.53 bits per heavy atom. The molecule has 2 aromatic carbocycles. The average Bonchev–Trinajstić information content (AvgIpc) is 3.28. The molecule has 7 heteroatoms. The van der Waals surface area contributed by atoms with Crippen molar-refractivity contribution in [3.8, 4) is 0 Å². The monoisotopic (exact) mass is 426 g/mol. The number of carbonyl (C=O) groups is 1. The van der Waals surface area contributed by atoms with Gasteiger partial charge in [-0.1, -0.05) is 24.3 Å². The Morgan fingerprint density at radius 1 is 0.933 bits per heavy atom. The van der Waals surface area contributed by atoms with Crippen molar-refractivity contribution in [1.82, 2.24) is 19.7 Å². The predicted molar refractivity (Wildman–Crippen MR) is 122 cm³/mol. The summed E-state index contributed by atoms with van der Waals surface area (Å²) in [7, 11) is 0. The number of halogens is 1. The zero-order valence-electron chi connectivity index (χ0n) is 16.9. The van der Waals surface area contributed by atoms with Gasteiger partial charge in [0.25, 0.3) is 0 Å². The van der Waals surface area contributed by atoms with E-state index in [-0.39, 0.29) is 30.3 Å². The fourth-order valence-electron chi connectivity index (χ4n) is 4.80. The number of para-hydroxylation sites is 2. The summed E-state index contributed by atoms with van der Waals surface area (Å²) in [5.74, 6) is 0.126. The first-order chi connectivity index (χ1) is 14.2. The van der Waals surface area contributed by atoms with Gasteiger partial charge in [0, 0.05) is 56.1 Å². The van der Waals surface area contributed by atoms with Gasteiger partial charge in [0.2, 0.25) is 5.91 Å². The van der Waals surface area contributed by atoms with Crippen LogP contribution in [0.1, 0.15) is 6.42 Å². The lowest BCUT2D eigenvalue weighted by Gasteiger charge is -2.32. The Labute approximate surface area is 181 Å². The second kappa shape index (κ2) is 8.76. The molecule has 5 rings (SSSR count). The third-order valence-electron chi connectivity index (χ3n) is 6.36. The van der Waals surface area contributed by atoms with E-state index < -0.39 is 0 Å². The van der Waals surface area contributed by atoms with E-state index in [0.29, 0.717) is 16.8 Å². The number of piperazine rings is 1. The first-order valence-electron chi connectivity index (χ1n) is 10.5. The lowest BCUT2D eigenvalue weighted by molar-refractivity contribution is -0.130. The van der Waals surface area contributed by atoms with Gasteiger partial charge < -0.3 is 14.8 Å². The van der Waals surface area contributed by atoms with Crippen LogP contribution >= 0.6 is 12.4 Å². The molecule has 0 saturated carbocycles. The van der Waals surface area contributed by atoms with Crippen molar-refractivity contribution in [2.24, 2.45) is 0 Å². The summed E-state index contributed by atoms with van der Waals surface area (Å²) in [6.45, 7) is 6.04. The SMILES string of the molecule is Cl.O=C(Cn1c2ccccc2c(=O)c2ccccc21)N1CCC(N2CCNCC2)C1. The van der Waals surface area contributed by atoms with Crippen molar-refractivity contribution in [2.45, 2.75) is 19.0 Å². The number of rotatable bonds is 3. The molecule has 0 aliphatic carbocycles. The van der Waals surface area contributed by atoms with Gasteiger partial charge in [-0.3, -0.25) is 14.5 Å². The van der Waals surface area contributed by atoms with Crippen LogP contribution in [0.5, 0.6) is 0 Å². The molecule has 0 bridgehead atoms. The van der Waals surface area contributed by atoms with E-state index in [1.165, 1.54) is 0 Å². The molecule has 2 fully saturated rings. The minimum atomic E-state index is 0. The fraction of sp³-hybridized carbons (Fsp3) is 0.391. The normalized spacial score (nSPS) is 19.9. The summed E-state index contributed by atoms with van der Waals surface area (Å²) in [6, 6.07) is 15.6. The topological polar surface area (TPSA) is 57.6 Å². The summed E-state index contributed by atoms with van der Waals surface area (Å²) < 4.78 is 2.01. The van der Waals surface area contributed by atoms with Gasteiger partial charge in [-0.2, -0.15) is 0 Å². The third-order valence-corrected chi connectivity index (χ3v) is 6.36. The minimum Gasteiger partial charge on any atom is -0.340 e. The lowest BCUT2D eigenvalue weighted by Crippen LogP contribution is -2.49. The average molecular weight is 427 g/mol. The minimum absolute atomic E-state index is 0. The molecule has 1 aromatic heterocycles. The maximum atomic E-state index is 13.2. The van der Waals surface area contributed by atoms with E-state index in [1.807, 2.05) is 58.0 Å². The number of amides is 1. The van der Waals surface area contributed by atoms with E-state index in [0.717, 1.165) is 56.7 Å². The molecule has 1 amide bonds. The van der Waals surface area contributed by atoms with Gasteiger partial charge in [0.05, 0.1) is 11.0 Å². The van der Waals surface area contributed by atoms with Crippen LogP contribution in [-0.2, 0) is 11.3 Å². The molecule has 0 radical (unpaired) electrons. The number of carbonyl (C=O) groups excluding carboxylic acids is 1. The van der Waals surface area contributed by atoms with Gasteiger partial charge >= 0.3 is 0 Å². The van der Waals surface area contributed by atoms with Crippen LogP contribution < -0.4 is 10.7 Å². The second-order valence-corrected chi connectivity index (χ2v) is 8.02. The molecular formula is C23H27ClN4O2. The number of aromatic nitrogens is 1. The number of likely N-dealkylation sites (tertiary alicyclic amines) is 1. The molecule has 30 heavy (non-hydrogen) atoms. The van der Waals surface area contributed by atoms with Crippen LogP contribution in [0.4, 0.5) is 0 Å². The van der Waals surface area contributed by atoms with Crippen LogP contribution in [0.2, 0.25) is 0 Å². The second-order valence-electron chi connectivity index (χ2n) is 8.02. The Hall–Kier alpha value is -2.41. The van der Waals surface area contributed by atoms with Crippen molar-refractivity contribution in [2.75, 3.05) is 39.3 Å². The standard InChI is InChI=1S/C23H26N4O2.ClH/c28-22(26-12-9-17(15-26)25-13-10-24-11-14-25)16-27-20-7-3-1-5-18(20)23(29)19-6-2-4-8-21(19)27;/h1-8,17,24H,9-16H2;1H. The van der Waals surface area contributed by atoms with E-state index in [4.69, 9.17) is 0 Å². The molecule has 6 nitrogen and oxygen atoms in total. The van der Waals surface area contributed by atoms with Crippen LogP contribution in [-0.4, -0.2) is 65.6 Å². The molecule has 1 unspecified atom stereocenters. The summed E-state index contributed by atoms with van der Waals surface area (Å²) in [4.78, 5) is 30.6. The van der Waals surface area contributed by atoms with E-state index >= 15 is 0 Å². The Kier molecular flexibility index (Phi) is 6.09. The molecule has 3 heterocycles. The van der Waals surface area contributed by atoms with Gasteiger partial charge in [-0.05, 0) is 30.7 Å². The number of pyridine rings is 1. The highest BCUT2D eigenvalue weighted by molar-refractivity contribution is 5.94. The van der Waals surface area contributed by atoms with Crippen LogP contribution in [0.15, 0.2) is 53.3 Å². The zero-order valence-corrected chi connectivity index (χ0v) is 17.7. The zero-order chi connectivity index (χ0) is 19.8. The van der Waals surface area contributed by atoms with E-state index in [1.54, 1.807) is 0 Å². The number of nitrogens with one attached hydrogen (secondary N) is 1. The molecule has 2 saturated heterocycles. The molecule has 158 valence electrons. The largest absolute Gasteiger partial charge is 0.340 e. The molecule has 2 aliphatic rings. The van der Waals surface area contributed by atoms with Crippen molar-refractivity contribution >= 4 is 40.1 Å².